The van der Waals surface area contributed by atoms with Gasteiger partial charge >= 0.3 is 0 Å². The second-order valence-corrected chi connectivity index (χ2v) is 7.37. The lowest BCUT2D eigenvalue weighted by atomic mass is 10.0. The fourth-order valence-electron chi connectivity index (χ4n) is 2.46. The lowest BCUT2D eigenvalue weighted by Crippen LogP contribution is -2.43. The lowest BCUT2D eigenvalue weighted by molar-refractivity contribution is 0.282. The van der Waals surface area contributed by atoms with E-state index in [1.54, 1.807) is 0 Å². The van der Waals surface area contributed by atoms with Crippen molar-refractivity contribution in [2.24, 2.45) is 0 Å². The number of nitrogens with one attached hydrogen (secondary N) is 1. The average Bonchev–Trinajstić information content (AvgIpc) is 2.74. The summed E-state index contributed by atoms with van der Waals surface area (Å²) < 4.78 is 27.4. The summed E-state index contributed by atoms with van der Waals surface area (Å²) in [5.74, 6) is 0. The molecule has 0 spiro atoms. The van der Waals surface area contributed by atoms with Gasteiger partial charge in [0.25, 0.3) is 0 Å². The third-order valence-electron chi connectivity index (χ3n) is 3.59. The quantitative estimate of drug-likeness (QED) is 0.898. The van der Waals surface area contributed by atoms with Crippen molar-refractivity contribution in [2.45, 2.75) is 49.6 Å². The summed E-state index contributed by atoms with van der Waals surface area (Å²) in [6.07, 6.45) is 3.80. The van der Waals surface area contributed by atoms with Gasteiger partial charge in [-0.2, -0.15) is 0 Å². The van der Waals surface area contributed by atoms with Crippen molar-refractivity contribution in [2.75, 3.05) is 0 Å². The SMILES string of the molecule is CC1(NS(=O)(=O)c2ccc(CO)c(Cl)c2)CCCC1. The number of rotatable bonds is 4. The summed E-state index contributed by atoms with van der Waals surface area (Å²) in [5.41, 5.74) is 0.161. The Morgan fingerprint density at radius 1 is 1.37 bits per heavy atom. The monoisotopic (exact) mass is 303 g/mol. The zero-order valence-corrected chi connectivity index (χ0v) is 12.4. The van der Waals surface area contributed by atoms with E-state index in [9.17, 15) is 8.42 Å². The van der Waals surface area contributed by atoms with Crippen LogP contribution in [0.2, 0.25) is 5.02 Å². The number of hydrogen-bond acceptors (Lipinski definition) is 3. The molecular formula is C13H18ClNO3S. The van der Waals surface area contributed by atoms with Crippen LogP contribution in [-0.2, 0) is 16.6 Å². The second-order valence-electron chi connectivity index (χ2n) is 5.28. The summed E-state index contributed by atoms with van der Waals surface area (Å²) in [5, 5.41) is 9.30. The molecule has 2 N–H and O–H groups in total. The Kier molecular flexibility index (Phi) is 4.20. The van der Waals surface area contributed by atoms with Gasteiger partial charge < -0.3 is 5.11 Å². The van der Waals surface area contributed by atoms with E-state index in [0.717, 1.165) is 25.7 Å². The molecule has 0 aromatic heterocycles. The predicted octanol–water partition coefficient (Wildman–Crippen LogP) is 2.44. The number of sulfonamides is 1. The second kappa shape index (κ2) is 5.40. The molecule has 0 atom stereocenters. The molecule has 1 aliphatic carbocycles. The first-order chi connectivity index (χ1) is 8.86. The Hall–Kier alpha value is -0.620. The molecule has 0 aliphatic heterocycles. The lowest BCUT2D eigenvalue weighted by Gasteiger charge is -2.25. The van der Waals surface area contributed by atoms with E-state index in [-0.39, 0.29) is 22.1 Å². The third kappa shape index (κ3) is 3.28. The molecular weight excluding hydrogens is 286 g/mol. The van der Waals surface area contributed by atoms with E-state index in [4.69, 9.17) is 16.7 Å². The minimum Gasteiger partial charge on any atom is -0.392 e. The average molecular weight is 304 g/mol. The molecule has 6 heteroatoms. The minimum atomic E-state index is -3.57. The zero-order valence-electron chi connectivity index (χ0n) is 10.8. The molecule has 0 heterocycles. The molecule has 0 saturated heterocycles. The number of aliphatic hydroxyl groups is 1. The summed E-state index contributed by atoms with van der Waals surface area (Å²) in [6, 6.07) is 4.39. The molecule has 1 fully saturated rings. The first-order valence-electron chi connectivity index (χ1n) is 6.30. The zero-order chi connectivity index (χ0) is 14.1. The fraction of sp³-hybridized carbons (Fsp3) is 0.538. The minimum absolute atomic E-state index is 0.142. The van der Waals surface area contributed by atoms with Crippen molar-refractivity contribution in [3.05, 3.63) is 28.8 Å². The van der Waals surface area contributed by atoms with Gasteiger partial charge in [0, 0.05) is 10.6 Å². The van der Waals surface area contributed by atoms with Gasteiger partial charge in [-0.3, -0.25) is 0 Å². The van der Waals surface area contributed by atoms with Gasteiger partial charge in [-0.25, -0.2) is 13.1 Å². The van der Waals surface area contributed by atoms with Crippen molar-refractivity contribution >= 4 is 21.6 Å². The predicted molar refractivity (Wildman–Crippen MR) is 74.6 cm³/mol. The summed E-state index contributed by atoms with van der Waals surface area (Å²) in [4.78, 5) is 0.142. The summed E-state index contributed by atoms with van der Waals surface area (Å²) >= 11 is 5.93. The smallest absolute Gasteiger partial charge is 0.241 e. The molecule has 0 bridgehead atoms. The van der Waals surface area contributed by atoms with E-state index in [1.165, 1.54) is 18.2 Å². The molecule has 1 aromatic rings. The summed E-state index contributed by atoms with van der Waals surface area (Å²) in [7, 11) is -3.57. The van der Waals surface area contributed by atoms with Crippen LogP contribution >= 0.6 is 11.6 Å². The molecule has 0 amide bonds. The number of aliphatic hydroxyl groups excluding tert-OH is 1. The maximum Gasteiger partial charge on any atom is 0.241 e. The fourth-order valence-corrected chi connectivity index (χ4v) is 4.26. The highest BCUT2D eigenvalue weighted by Crippen LogP contribution is 2.31. The molecule has 1 aromatic carbocycles. The first kappa shape index (κ1) is 14.8. The van der Waals surface area contributed by atoms with Crippen molar-refractivity contribution < 1.29 is 13.5 Å². The van der Waals surface area contributed by atoms with Crippen molar-refractivity contribution in [1.29, 1.82) is 0 Å². The molecule has 4 nitrogen and oxygen atoms in total. The highest BCUT2D eigenvalue weighted by Gasteiger charge is 2.33. The van der Waals surface area contributed by atoms with Gasteiger partial charge in [-0.1, -0.05) is 30.5 Å². The Morgan fingerprint density at radius 3 is 2.53 bits per heavy atom. The van der Waals surface area contributed by atoms with Crippen LogP contribution in [0.5, 0.6) is 0 Å². The molecule has 1 aliphatic rings. The van der Waals surface area contributed by atoms with Crippen LogP contribution in [0.3, 0.4) is 0 Å². The van der Waals surface area contributed by atoms with Crippen LogP contribution in [0.4, 0.5) is 0 Å². The van der Waals surface area contributed by atoms with E-state index in [2.05, 4.69) is 4.72 Å². The van der Waals surface area contributed by atoms with Crippen LogP contribution < -0.4 is 4.72 Å². The topological polar surface area (TPSA) is 66.4 Å². The van der Waals surface area contributed by atoms with Gasteiger partial charge in [-0.05, 0) is 37.5 Å². The normalized spacial score (nSPS) is 18.7. The van der Waals surface area contributed by atoms with Gasteiger partial charge in [-0.15, -0.1) is 0 Å². The van der Waals surface area contributed by atoms with E-state index < -0.39 is 10.0 Å². The Morgan fingerprint density at radius 2 is 2.00 bits per heavy atom. The molecule has 0 radical (unpaired) electrons. The van der Waals surface area contributed by atoms with E-state index in [1.807, 2.05) is 6.92 Å². The van der Waals surface area contributed by atoms with E-state index in [0.29, 0.717) is 5.56 Å². The maximum absolute atomic E-state index is 12.3. The van der Waals surface area contributed by atoms with Gasteiger partial charge in [0.2, 0.25) is 10.0 Å². The molecule has 19 heavy (non-hydrogen) atoms. The number of hydrogen-bond donors (Lipinski definition) is 2. The number of benzene rings is 1. The van der Waals surface area contributed by atoms with Crippen LogP contribution in [0, 0.1) is 0 Å². The largest absolute Gasteiger partial charge is 0.392 e. The Labute approximate surface area is 118 Å². The molecule has 1 saturated carbocycles. The van der Waals surface area contributed by atoms with Gasteiger partial charge in [0.1, 0.15) is 0 Å². The molecule has 106 valence electrons. The van der Waals surface area contributed by atoms with Crippen LogP contribution in [-0.4, -0.2) is 19.1 Å². The van der Waals surface area contributed by atoms with Gasteiger partial charge in [0.15, 0.2) is 0 Å². The highest BCUT2D eigenvalue weighted by molar-refractivity contribution is 7.89. The van der Waals surface area contributed by atoms with Crippen LogP contribution in [0.1, 0.15) is 38.2 Å². The standard InChI is InChI=1S/C13H18ClNO3S/c1-13(6-2-3-7-13)15-19(17,18)11-5-4-10(9-16)12(14)8-11/h4-5,8,15-16H,2-3,6-7,9H2,1H3. The van der Waals surface area contributed by atoms with Crippen molar-refractivity contribution in [3.63, 3.8) is 0 Å². The van der Waals surface area contributed by atoms with Crippen LogP contribution in [0.15, 0.2) is 23.1 Å². The first-order valence-corrected chi connectivity index (χ1v) is 8.16. The van der Waals surface area contributed by atoms with Gasteiger partial charge in [0.05, 0.1) is 11.5 Å². The highest BCUT2D eigenvalue weighted by atomic mass is 35.5. The van der Waals surface area contributed by atoms with Crippen molar-refractivity contribution in [1.82, 2.24) is 4.72 Å². The molecule has 2 rings (SSSR count). The maximum atomic E-state index is 12.3. The van der Waals surface area contributed by atoms with Crippen molar-refractivity contribution in [3.8, 4) is 0 Å². The number of halogens is 1. The summed E-state index contributed by atoms with van der Waals surface area (Å²) in [6.45, 7) is 1.73. The third-order valence-corrected chi connectivity index (χ3v) is 5.58. The Bertz CT molecular complexity index is 565. The Balaban J connectivity index is 2.27. The van der Waals surface area contributed by atoms with E-state index >= 15 is 0 Å². The molecule has 0 unspecified atom stereocenters. The van der Waals surface area contributed by atoms with Crippen LogP contribution in [0.25, 0.3) is 0 Å².